The van der Waals surface area contributed by atoms with Crippen LogP contribution in [0.25, 0.3) is 0 Å². The van der Waals surface area contributed by atoms with E-state index in [1.54, 1.807) is 0 Å². The fourth-order valence-electron chi connectivity index (χ4n) is 0.579. The topological polar surface area (TPSA) is 26.3 Å². The molecular weight excluding hydrogens is 156 g/mol. The van der Waals surface area contributed by atoms with Crippen LogP contribution in [0.15, 0.2) is 12.2 Å². The van der Waals surface area contributed by atoms with Gasteiger partial charge in [0.05, 0.1) is 0 Å². The Morgan fingerprint density at radius 1 is 1.55 bits per heavy atom. The molecule has 0 fully saturated rings. The van der Waals surface area contributed by atoms with Gasteiger partial charge in [0.25, 0.3) is 5.97 Å². The summed E-state index contributed by atoms with van der Waals surface area (Å²) in [5.41, 5.74) is 0. The van der Waals surface area contributed by atoms with Crippen molar-refractivity contribution in [1.82, 2.24) is 0 Å². The van der Waals surface area contributed by atoms with Gasteiger partial charge in [0, 0.05) is 6.92 Å². The van der Waals surface area contributed by atoms with Gasteiger partial charge in [-0.3, -0.25) is 4.79 Å². The van der Waals surface area contributed by atoms with Crippen LogP contribution in [0, 0.1) is 0 Å². The van der Waals surface area contributed by atoms with E-state index in [0.717, 1.165) is 18.9 Å². The second-order valence-corrected chi connectivity index (χ2v) is 3.15. The third-order valence-electron chi connectivity index (χ3n) is 1.03. The molecule has 0 atom stereocenters. The predicted octanol–water partition coefficient (Wildman–Crippen LogP) is 1.94. The third-order valence-corrected chi connectivity index (χ3v) is 1.96. The molecule has 0 heterocycles. The molecule has 0 aliphatic rings. The fraction of sp³-hybridized carbons (Fsp3) is 0.625. The largest absolute Gasteiger partial charge is 0.517 e. The van der Waals surface area contributed by atoms with Gasteiger partial charge in [0.2, 0.25) is 0 Å². The SMILES string of the molecule is CC/C=C/CC[Si]OC(C)=O. The van der Waals surface area contributed by atoms with Crippen molar-refractivity contribution in [3.05, 3.63) is 12.2 Å². The van der Waals surface area contributed by atoms with Crippen molar-refractivity contribution in [2.75, 3.05) is 0 Å². The maximum Gasteiger partial charge on any atom is 0.315 e. The molecule has 0 saturated carbocycles. The van der Waals surface area contributed by atoms with Gasteiger partial charge < -0.3 is 4.43 Å². The van der Waals surface area contributed by atoms with Gasteiger partial charge >= 0.3 is 9.76 Å². The molecule has 2 nitrogen and oxygen atoms in total. The standard InChI is InChI=1S/C8H14O2Si/c1-3-4-5-6-7-11-10-8(2)9/h4-5H,3,6-7H2,1-2H3/b5-4+. The maximum atomic E-state index is 10.3. The summed E-state index contributed by atoms with van der Waals surface area (Å²) in [6, 6.07) is 0.954. The number of hydrogen-bond acceptors (Lipinski definition) is 2. The van der Waals surface area contributed by atoms with E-state index in [-0.39, 0.29) is 5.97 Å². The lowest BCUT2D eigenvalue weighted by molar-refractivity contribution is -0.131. The number of carbonyl (C=O) groups is 1. The van der Waals surface area contributed by atoms with Crippen LogP contribution in [-0.2, 0) is 9.22 Å². The monoisotopic (exact) mass is 170 g/mol. The van der Waals surface area contributed by atoms with Crippen LogP contribution < -0.4 is 0 Å². The van der Waals surface area contributed by atoms with Gasteiger partial charge in [0.1, 0.15) is 0 Å². The highest BCUT2D eigenvalue weighted by Crippen LogP contribution is 1.92. The van der Waals surface area contributed by atoms with Crippen molar-refractivity contribution in [2.24, 2.45) is 0 Å². The number of carbonyl (C=O) groups excluding carboxylic acids is 1. The molecule has 0 aromatic carbocycles. The van der Waals surface area contributed by atoms with E-state index in [0.29, 0.717) is 9.76 Å². The second-order valence-electron chi connectivity index (χ2n) is 2.16. The fourth-order valence-corrected chi connectivity index (χ4v) is 1.17. The average molecular weight is 170 g/mol. The summed E-state index contributed by atoms with van der Waals surface area (Å²) in [6.07, 6.45) is 6.34. The first-order chi connectivity index (χ1) is 5.27. The van der Waals surface area contributed by atoms with Crippen LogP contribution in [0.4, 0.5) is 0 Å². The van der Waals surface area contributed by atoms with Crippen LogP contribution >= 0.6 is 0 Å². The number of hydrogen-bond donors (Lipinski definition) is 0. The Bertz CT molecular complexity index is 132. The molecule has 0 aromatic rings. The number of allylic oxidation sites excluding steroid dienone is 2. The maximum absolute atomic E-state index is 10.3. The first-order valence-electron chi connectivity index (χ1n) is 3.82. The van der Waals surface area contributed by atoms with Gasteiger partial charge in [-0.2, -0.15) is 0 Å². The predicted molar refractivity (Wildman–Crippen MR) is 46.4 cm³/mol. The van der Waals surface area contributed by atoms with Crippen molar-refractivity contribution in [2.45, 2.75) is 32.7 Å². The van der Waals surface area contributed by atoms with Crippen LogP contribution in [0.2, 0.25) is 6.04 Å². The van der Waals surface area contributed by atoms with E-state index in [1.807, 2.05) is 0 Å². The molecule has 0 spiro atoms. The zero-order valence-electron chi connectivity index (χ0n) is 7.09. The molecule has 11 heavy (non-hydrogen) atoms. The van der Waals surface area contributed by atoms with Crippen molar-refractivity contribution >= 4 is 15.7 Å². The summed E-state index contributed by atoms with van der Waals surface area (Å²) in [7, 11) is 0.323. The molecule has 0 aliphatic heterocycles. The lowest BCUT2D eigenvalue weighted by Gasteiger charge is -1.95. The summed E-state index contributed by atoms with van der Waals surface area (Å²) in [5, 5.41) is 0. The Morgan fingerprint density at radius 3 is 2.82 bits per heavy atom. The van der Waals surface area contributed by atoms with Crippen LogP contribution in [0.3, 0.4) is 0 Å². The summed E-state index contributed by atoms with van der Waals surface area (Å²) in [6.45, 7) is 3.54. The van der Waals surface area contributed by atoms with Crippen molar-refractivity contribution < 1.29 is 9.22 Å². The van der Waals surface area contributed by atoms with Gasteiger partial charge in [-0.15, -0.1) is 0 Å². The molecule has 3 heteroatoms. The van der Waals surface area contributed by atoms with Gasteiger partial charge in [-0.25, -0.2) is 0 Å². The summed E-state index contributed by atoms with van der Waals surface area (Å²) in [5.74, 6) is -0.178. The van der Waals surface area contributed by atoms with Crippen LogP contribution in [0.5, 0.6) is 0 Å². The lowest BCUT2D eigenvalue weighted by atomic mass is 10.4. The van der Waals surface area contributed by atoms with E-state index in [2.05, 4.69) is 19.1 Å². The smallest absolute Gasteiger partial charge is 0.315 e. The Hall–Kier alpha value is -0.573. The van der Waals surface area contributed by atoms with E-state index in [4.69, 9.17) is 4.43 Å². The molecule has 0 saturated heterocycles. The van der Waals surface area contributed by atoms with Crippen LogP contribution in [0.1, 0.15) is 26.7 Å². The van der Waals surface area contributed by atoms with Gasteiger partial charge in [-0.05, 0) is 18.9 Å². The normalized spacial score (nSPS) is 10.4. The third kappa shape index (κ3) is 9.43. The summed E-state index contributed by atoms with van der Waals surface area (Å²) >= 11 is 0. The van der Waals surface area contributed by atoms with Crippen molar-refractivity contribution in [3.8, 4) is 0 Å². The first-order valence-corrected chi connectivity index (χ1v) is 4.94. The second kappa shape index (κ2) is 7.53. The molecule has 0 aromatic heterocycles. The minimum Gasteiger partial charge on any atom is -0.517 e. The molecule has 0 rings (SSSR count). The Labute approximate surface area is 70.6 Å². The Kier molecular flexibility index (Phi) is 7.14. The van der Waals surface area contributed by atoms with E-state index in [1.165, 1.54) is 6.92 Å². The van der Waals surface area contributed by atoms with E-state index < -0.39 is 0 Å². The Morgan fingerprint density at radius 2 is 2.27 bits per heavy atom. The average Bonchev–Trinajstić information content (AvgIpc) is 1.96. The minimum atomic E-state index is -0.178. The molecular formula is C8H14O2Si. The molecule has 0 aliphatic carbocycles. The number of rotatable bonds is 5. The van der Waals surface area contributed by atoms with Crippen molar-refractivity contribution in [1.29, 1.82) is 0 Å². The summed E-state index contributed by atoms with van der Waals surface area (Å²) in [4.78, 5) is 10.3. The van der Waals surface area contributed by atoms with Gasteiger partial charge in [0.15, 0.2) is 0 Å². The zero-order chi connectivity index (χ0) is 8.53. The summed E-state index contributed by atoms with van der Waals surface area (Å²) < 4.78 is 4.78. The zero-order valence-corrected chi connectivity index (χ0v) is 8.09. The molecule has 0 bridgehead atoms. The first kappa shape index (κ1) is 10.4. The molecule has 62 valence electrons. The minimum absolute atomic E-state index is 0.178. The molecule has 0 amide bonds. The molecule has 0 N–H and O–H groups in total. The molecule has 2 radical (unpaired) electrons. The van der Waals surface area contributed by atoms with Crippen LogP contribution in [-0.4, -0.2) is 15.7 Å². The highest BCUT2D eigenvalue weighted by atomic mass is 28.2. The quantitative estimate of drug-likeness (QED) is 0.358. The van der Waals surface area contributed by atoms with Gasteiger partial charge in [-0.1, -0.05) is 19.1 Å². The highest BCUT2D eigenvalue weighted by Gasteiger charge is 1.93. The molecule has 0 unspecified atom stereocenters. The highest BCUT2D eigenvalue weighted by molar-refractivity contribution is 6.30. The van der Waals surface area contributed by atoms with Crippen molar-refractivity contribution in [3.63, 3.8) is 0 Å². The lowest BCUT2D eigenvalue weighted by Crippen LogP contribution is -2.02. The van der Waals surface area contributed by atoms with E-state index >= 15 is 0 Å². The van der Waals surface area contributed by atoms with E-state index in [9.17, 15) is 4.79 Å². The Balaban J connectivity index is 3.02.